The summed E-state index contributed by atoms with van der Waals surface area (Å²) in [6.45, 7) is 2.79. The first kappa shape index (κ1) is 33.6. The highest BCUT2D eigenvalue weighted by atomic mass is 35.5. The van der Waals surface area contributed by atoms with Gasteiger partial charge in [0.25, 0.3) is 12.0 Å². The van der Waals surface area contributed by atoms with Crippen molar-refractivity contribution < 1.29 is 18.3 Å². The summed E-state index contributed by atoms with van der Waals surface area (Å²) in [6.07, 6.45) is -0.136. The van der Waals surface area contributed by atoms with Gasteiger partial charge in [-0.15, -0.1) is 0 Å². The number of benzene rings is 2. The summed E-state index contributed by atoms with van der Waals surface area (Å²) in [5.41, 5.74) is 2.53. The number of ether oxygens (including phenoxy) is 1. The second-order valence-corrected chi connectivity index (χ2v) is 11.9. The summed E-state index contributed by atoms with van der Waals surface area (Å²) < 4.78 is 35.1. The normalized spacial score (nSPS) is 14.4. The van der Waals surface area contributed by atoms with Gasteiger partial charge in [-0.3, -0.25) is 23.7 Å². The summed E-state index contributed by atoms with van der Waals surface area (Å²) in [7, 11) is 4.15. The number of hydrogen-bond donors (Lipinski definition) is 3. The van der Waals surface area contributed by atoms with Crippen molar-refractivity contribution in [1.29, 1.82) is 0 Å². The minimum absolute atomic E-state index is 0.0508. The molecule has 3 aromatic heterocycles. The molecule has 254 valence electrons. The quantitative estimate of drug-likeness (QED) is 0.194. The van der Waals surface area contributed by atoms with E-state index < -0.39 is 23.5 Å². The van der Waals surface area contributed by atoms with Gasteiger partial charge in [0, 0.05) is 56.5 Å². The number of amides is 1. The molecule has 0 radical (unpaired) electrons. The van der Waals surface area contributed by atoms with E-state index in [0.717, 1.165) is 15.6 Å². The topological polar surface area (TPSA) is 158 Å². The molecule has 0 saturated carbocycles. The molecule has 6 rings (SSSR count). The largest absolute Gasteiger partial charge is 0.480 e. The molecule has 16 heteroatoms. The SMILES string of the molecule is COc1nc(-c2cccc(-c3cccc(Nc4nc(C(F)F)nc5c4c(=O)n(C)c(=O)n5C)c3C)c2Cl)cnc1CNC[C@@H]1CCC(=O)N1. The lowest BCUT2D eigenvalue weighted by Gasteiger charge is -2.17. The van der Waals surface area contributed by atoms with E-state index in [9.17, 15) is 23.2 Å². The lowest BCUT2D eigenvalue weighted by Crippen LogP contribution is -2.38. The van der Waals surface area contributed by atoms with Gasteiger partial charge in [0.1, 0.15) is 16.9 Å². The first-order chi connectivity index (χ1) is 23.5. The van der Waals surface area contributed by atoms with Crippen molar-refractivity contribution in [2.24, 2.45) is 14.1 Å². The number of rotatable bonds is 10. The van der Waals surface area contributed by atoms with Gasteiger partial charge in [-0.25, -0.2) is 28.5 Å². The number of alkyl halides is 2. The summed E-state index contributed by atoms with van der Waals surface area (Å²) in [5, 5.41) is 9.52. The third-order valence-corrected chi connectivity index (χ3v) is 8.84. The van der Waals surface area contributed by atoms with E-state index in [1.807, 2.05) is 31.2 Å². The number of aromatic nitrogens is 6. The van der Waals surface area contributed by atoms with Crippen molar-refractivity contribution in [2.75, 3.05) is 19.0 Å². The number of methoxy groups -OCH3 is 1. The van der Waals surface area contributed by atoms with Crippen LogP contribution >= 0.6 is 11.6 Å². The molecule has 0 unspecified atom stereocenters. The van der Waals surface area contributed by atoms with Gasteiger partial charge in [0.2, 0.25) is 11.8 Å². The molecule has 5 aromatic rings. The lowest BCUT2D eigenvalue weighted by atomic mass is 9.96. The Bertz CT molecular complexity index is 2220. The third kappa shape index (κ3) is 6.46. The van der Waals surface area contributed by atoms with Crippen molar-refractivity contribution >= 4 is 40.0 Å². The summed E-state index contributed by atoms with van der Waals surface area (Å²) in [6, 6.07) is 10.9. The molecule has 1 amide bonds. The zero-order valence-electron chi connectivity index (χ0n) is 27.0. The first-order valence-corrected chi connectivity index (χ1v) is 15.7. The maximum Gasteiger partial charge on any atom is 0.332 e. The number of nitrogens with one attached hydrogen (secondary N) is 3. The predicted molar refractivity (Wildman–Crippen MR) is 180 cm³/mol. The number of aryl methyl sites for hydroxylation is 1. The van der Waals surface area contributed by atoms with Crippen LogP contribution in [0.5, 0.6) is 5.88 Å². The van der Waals surface area contributed by atoms with Crippen molar-refractivity contribution in [3.05, 3.63) is 85.5 Å². The molecule has 0 aliphatic carbocycles. The second-order valence-electron chi connectivity index (χ2n) is 11.6. The number of nitrogens with zero attached hydrogens (tertiary/aromatic N) is 6. The Labute approximate surface area is 283 Å². The van der Waals surface area contributed by atoms with Crippen LogP contribution in [0.3, 0.4) is 0 Å². The maximum absolute atomic E-state index is 13.8. The molecule has 1 aliphatic heterocycles. The molecule has 4 heterocycles. The number of carbonyl (C=O) groups excluding carboxylic acids is 1. The number of hydrogen-bond acceptors (Lipinski definition) is 10. The fourth-order valence-corrected chi connectivity index (χ4v) is 6.12. The minimum atomic E-state index is -3.05. The Kier molecular flexibility index (Phi) is 9.39. The van der Waals surface area contributed by atoms with Gasteiger partial charge < -0.3 is 20.7 Å². The van der Waals surface area contributed by atoms with E-state index in [0.29, 0.717) is 69.7 Å². The molecule has 13 nitrogen and oxygen atoms in total. The van der Waals surface area contributed by atoms with Crippen LogP contribution in [0, 0.1) is 6.92 Å². The molecular formula is C33H32ClF2N9O4. The predicted octanol–water partition coefficient (Wildman–Crippen LogP) is 4.17. The Balaban J connectivity index is 1.33. The van der Waals surface area contributed by atoms with Crippen LogP contribution in [0.1, 0.15) is 36.3 Å². The van der Waals surface area contributed by atoms with Crippen LogP contribution in [-0.2, 0) is 25.4 Å². The summed E-state index contributed by atoms with van der Waals surface area (Å²) in [4.78, 5) is 54.2. The van der Waals surface area contributed by atoms with Crippen molar-refractivity contribution in [1.82, 2.24) is 39.7 Å². The van der Waals surface area contributed by atoms with E-state index in [1.165, 1.54) is 21.2 Å². The molecule has 2 aromatic carbocycles. The molecule has 0 spiro atoms. The number of anilines is 2. The van der Waals surface area contributed by atoms with Crippen LogP contribution in [0.15, 0.2) is 52.2 Å². The number of carbonyl (C=O) groups is 1. The van der Waals surface area contributed by atoms with Gasteiger partial charge in [0.15, 0.2) is 11.5 Å². The van der Waals surface area contributed by atoms with Gasteiger partial charge in [0.05, 0.1) is 24.0 Å². The zero-order chi connectivity index (χ0) is 35.0. The van der Waals surface area contributed by atoms with Crippen LogP contribution < -0.4 is 31.9 Å². The van der Waals surface area contributed by atoms with E-state index in [1.54, 1.807) is 18.3 Å². The molecule has 0 bridgehead atoms. The van der Waals surface area contributed by atoms with Crippen LogP contribution in [0.4, 0.5) is 20.3 Å². The van der Waals surface area contributed by atoms with Crippen LogP contribution in [0.2, 0.25) is 5.02 Å². The monoisotopic (exact) mass is 691 g/mol. The zero-order valence-corrected chi connectivity index (χ0v) is 27.7. The van der Waals surface area contributed by atoms with Crippen molar-refractivity contribution in [3.8, 4) is 28.3 Å². The summed E-state index contributed by atoms with van der Waals surface area (Å²) in [5.74, 6) is -0.618. The van der Waals surface area contributed by atoms with E-state index in [4.69, 9.17) is 16.3 Å². The highest BCUT2D eigenvalue weighted by Crippen LogP contribution is 2.39. The molecule has 1 saturated heterocycles. The van der Waals surface area contributed by atoms with Crippen LogP contribution in [-0.4, -0.2) is 54.7 Å². The molecule has 49 heavy (non-hydrogen) atoms. The Hall–Kier alpha value is -5.28. The van der Waals surface area contributed by atoms with Crippen molar-refractivity contribution in [3.63, 3.8) is 0 Å². The van der Waals surface area contributed by atoms with Gasteiger partial charge >= 0.3 is 5.69 Å². The Morgan fingerprint density at radius 2 is 1.78 bits per heavy atom. The molecular weight excluding hydrogens is 660 g/mol. The molecule has 1 aliphatic rings. The molecule has 3 N–H and O–H groups in total. The fourth-order valence-electron chi connectivity index (χ4n) is 5.80. The average Bonchev–Trinajstić information content (AvgIpc) is 3.51. The number of fused-ring (bicyclic) bond motifs is 1. The smallest absolute Gasteiger partial charge is 0.332 e. The number of halogens is 3. The van der Waals surface area contributed by atoms with Gasteiger partial charge in [-0.2, -0.15) is 0 Å². The van der Waals surface area contributed by atoms with E-state index >= 15 is 0 Å². The first-order valence-electron chi connectivity index (χ1n) is 15.3. The minimum Gasteiger partial charge on any atom is -0.480 e. The highest BCUT2D eigenvalue weighted by Gasteiger charge is 2.23. The molecule has 1 atom stereocenters. The fraction of sp³-hybridized carbons (Fsp3) is 0.303. The van der Waals surface area contributed by atoms with E-state index in [-0.39, 0.29) is 28.8 Å². The van der Waals surface area contributed by atoms with Gasteiger partial charge in [-0.05, 0) is 30.5 Å². The van der Waals surface area contributed by atoms with Crippen LogP contribution in [0.25, 0.3) is 33.4 Å². The Morgan fingerprint density at radius 3 is 2.49 bits per heavy atom. The lowest BCUT2D eigenvalue weighted by molar-refractivity contribution is -0.119. The molecule has 1 fully saturated rings. The van der Waals surface area contributed by atoms with Gasteiger partial charge in [-0.1, -0.05) is 41.9 Å². The standard InChI is InChI=1S/C33H32ClF2N9O4/c1-16-18(7-6-10-21(16)40-28-25-30(43-29(42-28)27(35)36)44(2)33(48)45(3)32(25)47)19-8-5-9-20(26(19)34)22-15-38-23(31(41-22)49-4)14-37-13-17-11-12-24(46)39-17/h5-10,15,17,27,37H,11-14H2,1-4H3,(H,39,46)(H,40,42,43)/t17-/m0/s1. The Morgan fingerprint density at radius 1 is 1.04 bits per heavy atom. The highest BCUT2D eigenvalue weighted by molar-refractivity contribution is 6.36. The summed E-state index contributed by atoms with van der Waals surface area (Å²) >= 11 is 7.01. The maximum atomic E-state index is 13.8. The third-order valence-electron chi connectivity index (χ3n) is 8.44. The average molecular weight is 692 g/mol. The van der Waals surface area contributed by atoms with Crippen molar-refractivity contribution in [2.45, 2.75) is 38.8 Å². The van der Waals surface area contributed by atoms with E-state index in [2.05, 4.69) is 35.9 Å². The second kappa shape index (κ2) is 13.7.